The van der Waals surface area contributed by atoms with Crippen LogP contribution in [-0.2, 0) is 11.3 Å². The predicted molar refractivity (Wildman–Crippen MR) is 89.6 cm³/mol. The van der Waals surface area contributed by atoms with Crippen molar-refractivity contribution < 1.29 is 14.6 Å². The molecule has 2 N–H and O–H groups in total. The first-order valence-corrected chi connectivity index (χ1v) is 8.74. The summed E-state index contributed by atoms with van der Waals surface area (Å²) >= 11 is 0. The fourth-order valence-corrected chi connectivity index (χ4v) is 3.03. The lowest BCUT2D eigenvalue weighted by molar-refractivity contribution is 0.0270. The zero-order chi connectivity index (χ0) is 17.3. The number of carbonyl (C=O) groups is 1. The average Bonchev–Trinajstić information content (AvgIpc) is 3.00. The lowest BCUT2D eigenvalue weighted by Crippen LogP contribution is -2.39. The van der Waals surface area contributed by atoms with Crippen LogP contribution in [0, 0.1) is 0 Å². The quantitative estimate of drug-likeness (QED) is 0.874. The summed E-state index contributed by atoms with van der Waals surface area (Å²) in [5, 5.41) is 17.9. The van der Waals surface area contributed by atoms with Gasteiger partial charge in [-0.3, -0.25) is 4.68 Å². The van der Waals surface area contributed by atoms with Gasteiger partial charge in [0.05, 0.1) is 30.9 Å². The molecule has 2 heterocycles. The van der Waals surface area contributed by atoms with Gasteiger partial charge in [0.2, 0.25) is 0 Å². The van der Waals surface area contributed by atoms with Crippen molar-refractivity contribution in [2.24, 2.45) is 0 Å². The van der Waals surface area contributed by atoms with E-state index in [1.807, 2.05) is 31.6 Å². The van der Waals surface area contributed by atoms with Crippen molar-refractivity contribution in [2.45, 2.75) is 70.4 Å². The highest BCUT2D eigenvalue weighted by molar-refractivity contribution is 5.68. The molecule has 7 nitrogen and oxygen atoms in total. The van der Waals surface area contributed by atoms with Gasteiger partial charge in [0.25, 0.3) is 0 Å². The van der Waals surface area contributed by atoms with Gasteiger partial charge in [0.15, 0.2) is 0 Å². The minimum absolute atomic E-state index is 0.149. The van der Waals surface area contributed by atoms with Gasteiger partial charge in [0.1, 0.15) is 5.60 Å². The first kappa shape index (κ1) is 17.2. The standard InChI is InChI=1S/C17H28N4O3/c1-17(2,3)24-16(23)20-10-14(15(22)11-20)18-7-12-8-19-21(9-12)13-5-4-6-13/h8-9,13-15,18,22H,4-7,10-11H2,1-3H3/t14-,15+/m0/s1. The highest BCUT2D eigenvalue weighted by atomic mass is 16.6. The average molecular weight is 336 g/mol. The molecule has 134 valence electrons. The van der Waals surface area contributed by atoms with Crippen LogP contribution in [0.25, 0.3) is 0 Å². The summed E-state index contributed by atoms with van der Waals surface area (Å²) < 4.78 is 7.40. The highest BCUT2D eigenvalue weighted by Crippen LogP contribution is 2.30. The van der Waals surface area contributed by atoms with Crippen molar-refractivity contribution in [1.82, 2.24) is 20.0 Å². The van der Waals surface area contributed by atoms with Crippen LogP contribution in [0.1, 0.15) is 51.6 Å². The van der Waals surface area contributed by atoms with Gasteiger partial charge in [-0.15, -0.1) is 0 Å². The first-order valence-electron chi connectivity index (χ1n) is 8.74. The summed E-state index contributed by atoms with van der Waals surface area (Å²) in [7, 11) is 0. The van der Waals surface area contributed by atoms with E-state index in [1.165, 1.54) is 19.3 Å². The van der Waals surface area contributed by atoms with Crippen molar-refractivity contribution in [3.05, 3.63) is 18.0 Å². The Bertz CT molecular complexity index is 577. The van der Waals surface area contributed by atoms with Crippen molar-refractivity contribution >= 4 is 6.09 Å². The van der Waals surface area contributed by atoms with Crippen molar-refractivity contribution in [2.75, 3.05) is 13.1 Å². The molecule has 1 amide bonds. The zero-order valence-electron chi connectivity index (χ0n) is 14.7. The van der Waals surface area contributed by atoms with Gasteiger partial charge < -0.3 is 20.1 Å². The van der Waals surface area contributed by atoms with E-state index in [0.29, 0.717) is 25.7 Å². The fraction of sp³-hybridized carbons (Fsp3) is 0.765. The molecular weight excluding hydrogens is 308 g/mol. The zero-order valence-corrected chi connectivity index (χ0v) is 14.7. The van der Waals surface area contributed by atoms with Crippen molar-refractivity contribution in [3.8, 4) is 0 Å². The van der Waals surface area contributed by atoms with Crippen molar-refractivity contribution in [3.63, 3.8) is 0 Å². The minimum atomic E-state index is -0.584. The van der Waals surface area contributed by atoms with E-state index < -0.39 is 11.7 Å². The van der Waals surface area contributed by atoms with E-state index >= 15 is 0 Å². The molecule has 1 aliphatic heterocycles. The number of rotatable bonds is 4. The van der Waals surface area contributed by atoms with Gasteiger partial charge in [0, 0.05) is 24.8 Å². The Balaban J connectivity index is 1.48. The maximum atomic E-state index is 12.1. The first-order chi connectivity index (χ1) is 11.3. The molecule has 1 aromatic rings. The Labute approximate surface area is 143 Å². The van der Waals surface area contributed by atoms with Gasteiger partial charge in [-0.1, -0.05) is 0 Å². The molecule has 0 aromatic carbocycles. The van der Waals surface area contributed by atoms with Gasteiger partial charge in [-0.25, -0.2) is 4.79 Å². The molecule has 0 unspecified atom stereocenters. The Hall–Kier alpha value is -1.60. The minimum Gasteiger partial charge on any atom is -0.444 e. The number of nitrogens with zero attached hydrogens (tertiary/aromatic N) is 3. The van der Waals surface area contributed by atoms with Crippen LogP contribution in [0.5, 0.6) is 0 Å². The normalized spacial score (nSPS) is 24.9. The molecule has 0 radical (unpaired) electrons. The Morgan fingerprint density at radius 2 is 2.17 bits per heavy atom. The largest absolute Gasteiger partial charge is 0.444 e. The van der Waals surface area contributed by atoms with Crippen LogP contribution in [0.2, 0.25) is 0 Å². The molecule has 1 saturated heterocycles. The topological polar surface area (TPSA) is 79.6 Å². The summed E-state index contributed by atoms with van der Waals surface area (Å²) in [4.78, 5) is 13.7. The van der Waals surface area contributed by atoms with Gasteiger partial charge in [-0.2, -0.15) is 5.10 Å². The summed E-state index contributed by atoms with van der Waals surface area (Å²) in [6.45, 7) is 6.91. The van der Waals surface area contributed by atoms with Gasteiger partial charge in [-0.05, 0) is 40.0 Å². The van der Waals surface area contributed by atoms with E-state index in [1.54, 1.807) is 4.90 Å². The Kier molecular flexibility index (Phi) is 4.83. The van der Waals surface area contributed by atoms with E-state index in [-0.39, 0.29) is 12.1 Å². The molecule has 1 saturated carbocycles. The Morgan fingerprint density at radius 1 is 1.42 bits per heavy atom. The third-order valence-corrected chi connectivity index (χ3v) is 4.61. The number of aliphatic hydroxyl groups is 1. The van der Waals surface area contributed by atoms with E-state index in [9.17, 15) is 9.90 Å². The number of amides is 1. The molecule has 2 aliphatic rings. The van der Waals surface area contributed by atoms with Crippen LogP contribution in [0.4, 0.5) is 4.79 Å². The van der Waals surface area contributed by atoms with Crippen LogP contribution in [-0.4, -0.2) is 56.7 Å². The third kappa shape index (κ3) is 4.08. The second-order valence-electron chi connectivity index (χ2n) is 7.85. The molecule has 7 heteroatoms. The second-order valence-corrected chi connectivity index (χ2v) is 7.85. The molecular formula is C17H28N4O3. The number of aromatic nitrogens is 2. The monoisotopic (exact) mass is 336 g/mol. The van der Waals surface area contributed by atoms with E-state index in [0.717, 1.165) is 5.56 Å². The maximum absolute atomic E-state index is 12.1. The lowest BCUT2D eigenvalue weighted by atomic mass is 9.93. The van der Waals surface area contributed by atoms with Crippen LogP contribution < -0.4 is 5.32 Å². The SMILES string of the molecule is CC(C)(C)OC(=O)N1C[C@@H](O)[C@@H](NCc2cnn(C3CCC3)c2)C1. The molecule has 2 atom stereocenters. The highest BCUT2D eigenvalue weighted by Gasteiger charge is 2.35. The molecule has 1 aromatic heterocycles. The number of β-amino-alcohol motifs (C(OH)–C–C–N with tert-alkyl or cyclic N) is 1. The fourth-order valence-electron chi connectivity index (χ4n) is 3.03. The number of hydrogen-bond acceptors (Lipinski definition) is 5. The third-order valence-electron chi connectivity index (χ3n) is 4.61. The molecule has 0 spiro atoms. The van der Waals surface area contributed by atoms with Crippen LogP contribution in [0.3, 0.4) is 0 Å². The van der Waals surface area contributed by atoms with Crippen LogP contribution >= 0.6 is 0 Å². The molecule has 24 heavy (non-hydrogen) atoms. The number of nitrogens with one attached hydrogen (secondary N) is 1. The van der Waals surface area contributed by atoms with E-state index in [4.69, 9.17) is 4.74 Å². The van der Waals surface area contributed by atoms with Gasteiger partial charge >= 0.3 is 6.09 Å². The van der Waals surface area contributed by atoms with Crippen LogP contribution in [0.15, 0.2) is 12.4 Å². The summed E-state index contributed by atoms with van der Waals surface area (Å²) in [6.07, 6.45) is 6.69. The number of likely N-dealkylation sites (tertiary alicyclic amines) is 1. The smallest absolute Gasteiger partial charge is 0.410 e. The number of ether oxygens (including phenoxy) is 1. The summed E-state index contributed by atoms with van der Waals surface area (Å²) in [5.41, 5.74) is 0.578. The summed E-state index contributed by atoms with van der Waals surface area (Å²) in [6, 6.07) is 0.406. The molecule has 1 aliphatic carbocycles. The molecule has 2 fully saturated rings. The summed E-state index contributed by atoms with van der Waals surface area (Å²) in [5.74, 6) is 0. The molecule has 3 rings (SSSR count). The molecule has 0 bridgehead atoms. The van der Waals surface area contributed by atoms with E-state index in [2.05, 4.69) is 16.6 Å². The number of aliphatic hydroxyl groups excluding tert-OH is 1. The lowest BCUT2D eigenvalue weighted by Gasteiger charge is -2.25. The van der Waals surface area contributed by atoms with Crippen molar-refractivity contribution in [1.29, 1.82) is 0 Å². The maximum Gasteiger partial charge on any atom is 0.410 e. The number of carbonyl (C=O) groups excluding carboxylic acids is 1. The Morgan fingerprint density at radius 3 is 2.79 bits per heavy atom. The predicted octanol–water partition coefficient (Wildman–Crippen LogP) is 1.68. The number of hydrogen-bond donors (Lipinski definition) is 2. The second kappa shape index (κ2) is 6.72.